The van der Waals surface area contributed by atoms with Crippen molar-refractivity contribution in [1.82, 2.24) is 0 Å². The van der Waals surface area contributed by atoms with E-state index in [0.717, 1.165) is 0 Å². The van der Waals surface area contributed by atoms with E-state index in [9.17, 15) is 4.79 Å². The van der Waals surface area contributed by atoms with Crippen LogP contribution in [0.3, 0.4) is 0 Å². The summed E-state index contributed by atoms with van der Waals surface area (Å²) in [5.74, 6) is -0.0212. The average Bonchev–Trinajstić information content (AvgIpc) is 2.09. The highest BCUT2D eigenvalue weighted by molar-refractivity contribution is 6.33. The fourth-order valence-electron chi connectivity index (χ4n) is 0.844. The zero-order valence-electron chi connectivity index (χ0n) is 7.17. The summed E-state index contributed by atoms with van der Waals surface area (Å²) < 4.78 is 0. The number of phenols is 1. The summed E-state index contributed by atoms with van der Waals surface area (Å²) in [6.07, 6.45) is 0.400. The number of halogens is 1. The Morgan fingerprint density at radius 1 is 1.62 bits per heavy atom. The molecule has 4 heteroatoms. The minimum Gasteiger partial charge on any atom is -0.508 e. The van der Waals surface area contributed by atoms with Crippen molar-refractivity contribution >= 4 is 23.2 Å². The molecule has 0 radical (unpaired) electrons. The van der Waals surface area contributed by atoms with E-state index in [4.69, 9.17) is 16.7 Å². The molecule has 0 aromatic heterocycles. The average molecular weight is 200 g/mol. The molecule has 1 aromatic rings. The number of benzene rings is 1. The normalized spacial score (nSPS) is 9.69. The van der Waals surface area contributed by atoms with E-state index in [-0.39, 0.29) is 11.7 Å². The maximum Gasteiger partial charge on any atom is 0.224 e. The number of hydrogen-bond donors (Lipinski definition) is 2. The zero-order chi connectivity index (χ0) is 9.84. The second-order valence-corrected chi connectivity index (χ2v) is 2.97. The molecule has 0 saturated heterocycles. The van der Waals surface area contributed by atoms with Gasteiger partial charge in [-0.3, -0.25) is 4.79 Å². The predicted octanol–water partition coefficient (Wildman–Crippen LogP) is 2.39. The van der Waals surface area contributed by atoms with Crippen LogP contribution in [0.15, 0.2) is 18.2 Å². The lowest BCUT2D eigenvalue weighted by atomic mass is 10.3. The molecule has 0 bridgehead atoms. The highest BCUT2D eigenvalue weighted by Crippen LogP contribution is 2.25. The first-order valence-electron chi connectivity index (χ1n) is 3.92. The molecular formula is C9H10ClNO2. The maximum atomic E-state index is 11.0. The van der Waals surface area contributed by atoms with Crippen LogP contribution in [-0.4, -0.2) is 11.0 Å². The van der Waals surface area contributed by atoms with E-state index >= 15 is 0 Å². The van der Waals surface area contributed by atoms with Crippen LogP contribution in [-0.2, 0) is 4.79 Å². The largest absolute Gasteiger partial charge is 0.508 e. The fourth-order valence-corrected chi connectivity index (χ4v) is 1.07. The van der Waals surface area contributed by atoms with Crippen LogP contribution >= 0.6 is 11.6 Å². The van der Waals surface area contributed by atoms with E-state index in [2.05, 4.69) is 5.32 Å². The van der Waals surface area contributed by atoms with E-state index in [1.54, 1.807) is 13.0 Å². The number of aromatic hydroxyl groups is 1. The lowest BCUT2D eigenvalue weighted by Gasteiger charge is -2.05. The fraction of sp³-hybridized carbons (Fsp3) is 0.222. The molecule has 1 aromatic carbocycles. The predicted molar refractivity (Wildman–Crippen MR) is 52.0 cm³/mol. The second kappa shape index (κ2) is 4.14. The van der Waals surface area contributed by atoms with Gasteiger partial charge >= 0.3 is 0 Å². The molecule has 0 aliphatic carbocycles. The summed E-state index contributed by atoms with van der Waals surface area (Å²) in [5, 5.41) is 12.0. The quantitative estimate of drug-likeness (QED) is 0.719. The Labute approximate surface area is 81.3 Å². The van der Waals surface area contributed by atoms with Gasteiger partial charge in [0.15, 0.2) is 0 Å². The van der Waals surface area contributed by atoms with Gasteiger partial charge in [-0.25, -0.2) is 0 Å². The van der Waals surface area contributed by atoms with Crippen LogP contribution in [0.5, 0.6) is 5.75 Å². The molecule has 0 heterocycles. The number of rotatable bonds is 2. The Bertz CT molecular complexity index is 325. The van der Waals surface area contributed by atoms with Crippen molar-refractivity contribution in [2.24, 2.45) is 0 Å². The summed E-state index contributed by atoms with van der Waals surface area (Å²) in [6, 6.07) is 4.41. The zero-order valence-corrected chi connectivity index (χ0v) is 7.93. The molecule has 2 N–H and O–H groups in total. The van der Waals surface area contributed by atoms with Crippen molar-refractivity contribution in [3.05, 3.63) is 23.2 Å². The third kappa shape index (κ3) is 2.63. The first kappa shape index (κ1) is 9.86. The van der Waals surface area contributed by atoms with Gasteiger partial charge in [0.2, 0.25) is 5.91 Å². The van der Waals surface area contributed by atoms with Crippen molar-refractivity contribution in [2.45, 2.75) is 13.3 Å². The molecule has 0 unspecified atom stereocenters. The van der Waals surface area contributed by atoms with Crippen LogP contribution in [0.1, 0.15) is 13.3 Å². The first-order valence-corrected chi connectivity index (χ1v) is 4.29. The Hall–Kier alpha value is -1.22. The number of carbonyl (C=O) groups is 1. The first-order chi connectivity index (χ1) is 6.13. The molecule has 0 saturated carbocycles. The van der Waals surface area contributed by atoms with Crippen molar-refractivity contribution in [1.29, 1.82) is 0 Å². The summed E-state index contributed by atoms with van der Waals surface area (Å²) in [5.41, 5.74) is 0.520. The molecule has 0 aliphatic heterocycles. The lowest BCUT2D eigenvalue weighted by Crippen LogP contribution is -2.09. The molecule has 3 nitrogen and oxygen atoms in total. The van der Waals surface area contributed by atoms with Crippen LogP contribution in [0.25, 0.3) is 0 Å². The van der Waals surface area contributed by atoms with Crippen molar-refractivity contribution in [3.8, 4) is 5.75 Å². The Balaban J connectivity index is 2.83. The summed E-state index contributed by atoms with van der Waals surface area (Å²) in [4.78, 5) is 11.0. The number of carbonyl (C=O) groups excluding carboxylic acids is 1. The second-order valence-electron chi connectivity index (χ2n) is 2.57. The van der Waals surface area contributed by atoms with Gasteiger partial charge in [0.05, 0.1) is 10.7 Å². The third-order valence-electron chi connectivity index (χ3n) is 1.55. The van der Waals surface area contributed by atoms with Crippen LogP contribution in [0, 0.1) is 0 Å². The molecule has 13 heavy (non-hydrogen) atoms. The highest BCUT2D eigenvalue weighted by atomic mass is 35.5. The molecule has 0 fully saturated rings. The number of amides is 1. The van der Waals surface area contributed by atoms with Crippen LogP contribution in [0.4, 0.5) is 5.69 Å². The van der Waals surface area contributed by atoms with Gasteiger partial charge in [0.1, 0.15) is 5.75 Å². The lowest BCUT2D eigenvalue weighted by molar-refractivity contribution is -0.115. The topological polar surface area (TPSA) is 49.3 Å². The van der Waals surface area contributed by atoms with E-state index < -0.39 is 0 Å². The van der Waals surface area contributed by atoms with Crippen molar-refractivity contribution in [3.63, 3.8) is 0 Å². The molecular weight excluding hydrogens is 190 g/mol. The van der Waals surface area contributed by atoms with Crippen LogP contribution in [0.2, 0.25) is 5.02 Å². The Kier molecular flexibility index (Phi) is 3.14. The SMILES string of the molecule is CCC(=O)Nc1ccc(O)cc1Cl. The monoisotopic (exact) mass is 199 g/mol. The molecule has 70 valence electrons. The Morgan fingerprint density at radius 3 is 2.85 bits per heavy atom. The minimum atomic E-state index is -0.104. The van der Waals surface area contributed by atoms with Gasteiger partial charge in [0.25, 0.3) is 0 Å². The molecule has 0 spiro atoms. The molecule has 0 aliphatic rings. The molecule has 0 atom stereocenters. The molecule has 1 rings (SSSR count). The Morgan fingerprint density at radius 2 is 2.31 bits per heavy atom. The van der Waals surface area contributed by atoms with Gasteiger partial charge in [0, 0.05) is 12.5 Å². The van der Waals surface area contributed by atoms with Gasteiger partial charge in [-0.1, -0.05) is 18.5 Å². The maximum absolute atomic E-state index is 11.0. The molecule has 1 amide bonds. The van der Waals surface area contributed by atoms with E-state index in [0.29, 0.717) is 17.1 Å². The summed E-state index contributed by atoms with van der Waals surface area (Å²) >= 11 is 5.76. The van der Waals surface area contributed by atoms with Gasteiger partial charge in [-0.2, -0.15) is 0 Å². The summed E-state index contributed by atoms with van der Waals surface area (Å²) in [7, 11) is 0. The van der Waals surface area contributed by atoms with E-state index in [1.165, 1.54) is 12.1 Å². The number of nitrogens with one attached hydrogen (secondary N) is 1. The summed E-state index contributed by atoms with van der Waals surface area (Å²) in [6.45, 7) is 1.75. The smallest absolute Gasteiger partial charge is 0.224 e. The number of hydrogen-bond acceptors (Lipinski definition) is 2. The van der Waals surface area contributed by atoms with Crippen molar-refractivity contribution in [2.75, 3.05) is 5.32 Å². The van der Waals surface area contributed by atoms with Gasteiger partial charge in [-0.05, 0) is 12.1 Å². The van der Waals surface area contributed by atoms with Gasteiger partial charge < -0.3 is 10.4 Å². The standard InChI is InChI=1S/C9H10ClNO2/c1-2-9(13)11-8-4-3-6(12)5-7(8)10/h3-5,12H,2H2,1H3,(H,11,13). The van der Waals surface area contributed by atoms with Crippen LogP contribution < -0.4 is 5.32 Å². The third-order valence-corrected chi connectivity index (χ3v) is 1.86. The number of anilines is 1. The van der Waals surface area contributed by atoms with Gasteiger partial charge in [-0.15, -0.1) is 0 Å². The minimum absolute atomic E-state index is 0.0829. The number of phenolic OH excluding ortho intramolecular Hbond substituents is 1. The van der Waals surface area contributed by atoms with E-state index in [1.807, 2.05) is 0 Å². The highest BCUT2D eigenvalue weighted by Gasteiger charge is 2.03. The van der Waals surface area contributed by atoms with Crippen molar-refractivity contribution < 1.29 is 9.90 Å².